The van der Waals surface area contributed by atoms with Gasteiger partial charge in [0.2, 0.25) is 10.0 Å². The molecule has 13 nitrogen and oxygen atoms in total. The molecule has 0 aromatic carbocycles. The van der Waals surface area contributed by atoms with Crippen LogP contribution in [-0.2, 0) is 14.8 Å². The van der Waals surface area contributed by atoms with Crippen molar-refractivity contribution in [1.29, 1.82) is 5.26 Å². The van der Waals surface area contributed by atoms with Crippen LogP contribution in [0.25, 0.3) is 5.65 Å². The van der Waals surface area contributed by atoms with Crippen LogP contribution in [0, 0.1) is 11.3 Å². The minimum absolute atomic E-state index is 0.0580. The Labute approximate surface area is 215 Å². The fourth-order valence-electron chi connectivity index (χ4n) is 4.61. The van der Waals surface area contributed by atoms with E-state index in [-0.39, 0.29) is 22.5 Å². The predicted molar refractivity (Wildman–Crippen MR) is 133 cm³/mol. The number of urea groups is 1. The minimum Gasteiger partial charge on any atom is -0.378 e. The molecular weight excluding hydrogens is 500 g/mol. The van der Waals surface area contributed by atoms with Gasteiger partial charge in [-0.15, -0.1) is 0 Å². The largest absolute Gasteiger partial charge is 0.378 e. The number of anilines is 1. The van der Waals surface area contributed by atoms with Crippen LogP contribution in [-0.4, -0.2) is 117 Å². The van der Waals surface area contributed by atoms with Gasteiger partial charge in [0.15, 0.2) is 5.65 Å². The highest BCUT2D eigenvalue weighted by Gasteiger charge is 2.47. The van der Waals surface area contributed by atoms with Crippen LogP contribution in [0.4, 0.5) is 10.5 Å². The zero-order chi connectivity index (χ0) is 26.4. The SMILES string of the molecule is CN(C)C(=O)N1CCN(c2cc(S(=O)(=O)NC3(C#N)CC3)cn3c(C(=O)N4CCOCC4)cnc23)CC1. The number of nitrogens with one attached hydrogen (secondary N) is 1. The number of carbonyl (C=O) groups is 2. The van der Waals surface area contributed by atoms with Gasteiger partial charge in [-0.05, 0) is 18.9 Å². The number of rotatable bonds is 5. The number of hydrogen-bond acceptors (Lipinski definition) is 8. The average Bonchev–Trinajstić information content (AvgIpc) is 3.54. The molecule has 3 fully saturated rings. The Morgan fingerprint density at radius 3 is 2.38 bits per heavy atom. The molecule has 2 saturated heterocycles. The molecule has 2 aromatic heterocycles. The van der Waals surface area contributed by atoms with Crippen molar-refractivity contribution in [3.63, 3.8) is 0 Å². The molecule has 1 N–H and O–H groups in total. The second kappa shape index (κ2) is 9.47. The molecule has 4 heterocycles. The third-order valence-corrected chi connectivity index (χ3v) is 8.46. The van der Waals surface area contributed by atoms with Crippen LogP contribution in [0.1, 0.15) is 23.3 Å². The lowest BCUT2D eigenvalue weighted by Gasteiger charge is -2.37. The van der Waals surface area contributed by atoms with E-state index in [9.17, 15) is 23.3 Å². The van der Waals surface area contributed by atoms with Gasteiger partial charge in [0.05, 0.1) is 31.2 Å². The molecule has 1 saturated carbocycles. The molecule has 2 aliphatic heterocycles. The van der Waals surface area contributed by atoms with Crippen LogP contribution in [0.15, 0.2) is 23.4 Å². The van der Waals surface area contributed by atoms with Gasteiger partial charge in [-0.25, -0.2) is 18.2 Å². The lowest BCUT2D eigenvalue weighted by atomic mass is 10.2. The Morgan fingerprint density at radius 2 is 1.78 bits per heavy atom. The molecule has 198 valence electrons. The fraction of sp³-hybridized carbons (Fsp3) is 0.565. The van der Waals surface area contributed by atoms with Crippen LogP contribution < -0.4 is 9.62 Å². The number of nitriles is 1. The van der Waals surface area contributed by atoms with Crippen molar-refractivity contribution in [1.82, 2.24) is 28.8 Å². The molecule has 0 radical (unpaired) electrons. The summed E-state index contributed by atoms with van der Waals surface area (Å²) in [5, 5.41) is 9.44. The summed E-state index contributed by atoms with van der Waals surface area (Å²) in [4.78, 5) is 37.1. The van der Waals surface area contributed by atoms with Crippen molar-refractivity contribution >= 4 is 33.3 Å². The van der Waals surface area contributed by atoms with Crippen LogP contribution >= 0.6 is 0 Å². The summed E-state index contributed by atoms with van der Waals surface area (Å²) >= 11 is 0. The maximum absolute atomic E-state index is 13.4. The third kappa shape index (κ3) is 4.81. The number of sulfonamides is 1. The number of aromatic nitrogens is 2. The Kier molecular flexibility index (Phi) is 6.47. The number of piperazine rings is 1. The molecule has 3 amide bonds. The van der Waals surface area contributed by atoms with Gasteiger partial charge in [0.1, 0.15) is 16.1 Å². The number of morpholine rings is 1. The van der Waals surface area contributed by atoms with Crippen LogP contribution in [0.5, 0.6) is 0 Å². The molecule has 14 heteroatoms. The van der Waals surface area contributed by atoms with Gasteiger partial charge in [0, 0.05) is 59.6 Å². The molecule has 37 heavy (non-hydrogen) atoms. The predicted octanol–water partition coefficient (Wildman–Crippen LogP) is -0.0552. The van der Waals surface area contributed by atoms with Gasteiger partial charge < -0.3 is 24.3 Å². The van der Waals surface area contributed by atoms with E-state index in [1.54, 1.807) is 23.9 Å². The monoisotopic (exact) mass is 530 g/mol. The summed E-state index contributed by atoms with van der Waals surface area (Å²) in [5.74, 6) is -0.263. The molecule has 0 unspecified atom stereocenters. The quantitative estimate of drug-likeness (QED) is 0.567. The second-order valence-corrected chi connectivity index (χ2v) is 11.4. The van der Waals surface area contributed by atoms with E-state index in [0.29, 0.717) is 76.7 Å². The Hall–Kier alpha value is -3.41. The number of amides is 3. The van der Waals surface area contributed by atoms with E-state index in [1.165, 1.54) is 27.8 Å². The van der Waals surface area contributed by atoms with E-state index in [1.807, 2.05) is 4.90 Å². The summed E-state index contributed by atoms with van der Waals surface area (Å²) in [7, 11) is -0.666. The third-order valence-electron chi connectivity index (χ3n) is 6.96. The topological polar surface area (TPSA) is 144 Å². The van der Waals surface area contributed by atoms with E-state index >= 15 is 0 Å². The number of imidazole rings is 1. The molecular formula is C23H30N8O5S. The van der Waals surface area contributed by atoms with Crippen molar-refractivity contribution < 1.29 is 22.7 Å². The summed E-state index contributed by atoms with van der Waals surface area (Å²) in [6.45, 7) is 3.58. The summed E-state index contributed by atoms with van der Waals surface area (Å²) < 4.78 is 36.1. The van der Waals surface area contributed by atoms with Crippen LogP contribution in [0.3, 0.4) is 0 Å². The first kappa shape index (κ1) is 25.2. The lowest BCUT2D eigenvalue weighted by molar-refractivity contribution is 0.0298. The number of hydrogen-bond donors (Lipinski definition) is 1. The van der Waals surface area contributed by atoms with E-state index in [4.69, 9.17) is 4.74 Å². The van der Waals surface area contributed by atoms with Crippen LogP contribution in [0.2, 0.25) is 0 Å². The number of carbonyl (C=O) groups excluding carboxylic acids is 2. The van der Waals surface area contributed by atoms with E-state index in [2.05, 4.69) is 15.8 Å². The normalized spacial score (nSPS) is 19.5. The smallest absolute Gasteiger partial charge is 0.319 e. The number of pyridine rings is 1. The van der Waals surface area contributed by atoms with Gasteiger partial charge in [0.25, 0.3) is 5.91 Å². The Bertz CT molecular complexity index is 1360. The van der Waals surface area contributed by atoms with Crippen molar-refractivity contribution in [2.75, 3.05) is 71.5 Å². The zero-order valence-electron chi connectivity index (χ0n) is 20.9. The minimum atomic E-state index is -4.06. The average molecular weight is 531 g/mol. The van der Waals surface area contributed by atoms with Crippen molar-refractivity contribution in [2.45, 2.75) is 23.3 Å². The van der Waals surface area contributed by atoms with Crippen molar-refractivity contribution in [3.05, 3.63) is 24.2 Å². The number of nitrogens with zero attached hydrogens (tertiary/aromatic N) is 7. The first-order chi connectivity index (χ1) is 17.6. The molecule has 0 atom stereocenters. The summed E-state index contributed by atoms with van der Waals surface area (Å²) in [6.07, 6.45) is 3.75. The van der Waals surface area contributed by atoms with Gasteiger partial charge in [-0.2, -0.15) is 9.98 Å². The maximum atomic E-state index is 13.4. The molecule has 0 spiro atoms. The van der Waals surface area contributed by atoms with Gasteiger partial charge >= 0.3 is 6.03 Å². The van der Waals surface area contributed by atoms with Gasteiger partial charge in [-0.3, -0.25) is 9.20 Å². The van der Waals surface area contributed by atoms with Gasteiger partial charge in [-0.1, -0.05) is 0 Å². The second-order valence-electron chi connectivity index (χ2n) is 9.75. The Balaban J connectivity index is 1.53. The first-order valence-electron chi connectivity index (χ1n) is 12.2. The van der Waals surface area contributed by atoms with Crippen molar-refractivity contribution in [2.24, 2.45) is 0 Å². The highest BCUT2D eigenvalue weighted by atomic mass is 32.2. The summed E-state index contributed by atoms with van der Waals surface area (Å²) in [6, 6.07) is 3.50. The number of ether oxygens (including phenoxy) is 1. The standard InChI is InChI=1S/C23H30N8O5S/c1-27(2)22(33)30-7-5-28(6-8-30)18-13-17(37(34,35)26-23(16-24)3-4-23)15-31-19(14-25-20(18)31)21(32)29-9-11-36-12-10-29/h13-15,26H,3-12H2,1-2H3. The van der Waals surface area contributed by atoms with E-state index in [0.717, 1.165) is 0 Å². The lowest BCUT2D eigenvalue weighted by Crippen LogP contribution is -2.51. The molecule has 5 rings (SSSR count). The zero-order valence-corrected chi connectivity index (χ0v) is 21.7. The van der Waals surface area contributed by atoms with Crippen molar-refractivity contribution in [3.8, 4) is 6.07 Å². The fourth-order valence-corrected chi connectivity index (χ4v) is 6.00. The number of fused-ring (bicyclic) bond motifs is 1. The highest BCUT2D eigenvalue weighted by molar-refractivity contribution is 7.89. The molecule has 1 aliphatic carbocycles. The Morgan fingerprint density at radius 1 is 1.11 bits per heavy atom. The molecule has 3 aliphatic rings. The highest BCUT2D eigenvalue weighted by Crippen LogP contribution is 2.36. The summed E-state index contributed by atoms with van der Waals surface area (Å²) in [5.41, 5.74) is 0.151. The molecule has 0 bridgehead atoms. The maximum Gasteiger partial charge on any atom is 0.319 e. The molecule has 2 aromatic rings. The first-order valence-corrected chi connectivity index (χ1v) is 13.7. The van der Waals surface area contributed by atoms with E-state index < -0.39 is 15.6 Å².